The zero-order valence-corrected chi connectivity index (χ0v) is 12.3. The number of hydrogen-bond acceptors (Lipinski definition) is 3. The fraction of sp³-hybridized carbons (Fsp3) is 0.471. The van der Waals surface area contributed by atoms with Gasteiger partial charge in [-0.25, -0.2) is 0 Å². The van der Waals surface area contributed by atoms with E-state index in [1.807, 2.05) is 18.3 Å². The second-order valence-corrected chi connectivity index (χ2v) is 6.17. The summed E-state index contributed by atoms with van der Waals surface area (Å²) in [5.74, 6) is 0.791. The molecule has 20 heavy (non-hydrogen) atoms. The minimum atomic E-state index is 0.655. The Morgan fingerprint density at radius 1 is 1.25 bits per heavy atom. The van der Waals surface area contributed by atoms with E-state index in [-0.39, 0.29) is 0 Å². The summed E-state index contributed by atoms with van der Waals surface area (Å²) in [7, 11) is 0. The molecule has 1 fully saturated rings. The lowest BCUT2D eigenvalue weighted by atomic mass is 9.94. The van der Waals surface area contributed by atoms with Gasteiger partial charge in [-0.3, -0.25) is 9.88 Å². The van der Waals surface area contributed by atoms with Crippen molar-refractivity contribution in [3.63, 3.8) is 0 Å². The molecule has 2 atom stereocenters. The summed E-state index contributed by atoms with van der Waals surface area (Å²) in [6.07, 6.45) is 4.49. The number of benzene rings is 1. The lowest BCUT2D eigenvalue weighted by Gasteiger charge is -2.36. The van der Waals surface area contributed by atoms with Gasteiger partial charge in [0.1, 0.15) is 0 Å². The summed E-state index contributed by atoms with van der Waals surface area (Å²) < 4.78 is 0. The Hall–Kier alpha value is -1.61. The van der Waals surface area contributed by atoms with E-state index in [0.29, 0.717) is 6.04 Å². The SMILES string of the molecule is CC1CCC(C)N(Cc2ccc(N)c3cccnc23)C1. The molecule has 0 amide bonds. The third kappa shape index (κ3) is 2.50. The van der Waals surface area contributed by atoms with Crippen molar-refractivity contribution in [2.45, 2.75) is 39.3 Å². The Labute approximate surface area is 120 Å². The molecule has 2 N–H and O–H groups in total. The van der Waals surface area contributed by atoms with Crippen molar-refractivity contribution < 1.29 is 0 Å². The maximum Gasteiger partial charge on any atom is 0.0767 e. The summed E-state index contributed by atoms with van der Waals surface area (Å²) >= 11 is 0. The molecule has 106 valence electrons. The average molecular weight is 269 g/mol. The van der Waals surface area contributed by atoms with Crippen LogP contribution in [-0.4, -0.2) is 22.5 Å². The van der Waals surface area contributed by atoms with Crippen LogP contribution in [0.1, 0.15) is 32.3 Å². The molecular weight excluding hydrogens is 246 g/mol. The second kappa shape index (κ2) is 5.41. The molecule has 0 saturated carbocycles. The third-order valence-electron chi connectivity index (χ3n) is 4.51. The van der Waals surface area contributed by atoms with E-state index in [9.17, 15) is 0 Å². The first kappa shape index (κ1) is 13.4. The van der Waals surface area contributed by atoms with Crippen molar-refractivity contribution in [2.75, 3.05) is 12.3 Å². The number of likely N-dealkylation sites (tertiary alicyclic amines) is 1. The molecule has 2 unspecified atom stereocenters. The number of nitrogens with two attached hydrogens (primary N) is 1. The minimum absolute atomic E-state index is 0.655. The normalized spacial score (nSPS) is 24.1. The van der Waals surface area contributed by atoms with E-state index in [1.54, 1.807) is 0 Å². The maximum atomic E-state index is 6.05. The molecule has 1 aromatic heterocycles. The van der Waals surface area contributed by atoms with Crippen molar-refractivity contribution in [3.05, 3.63) is 36.0 Å². The van der Waals surface area contributed by atoms with Crippen LogP contribution >= 0.6 is 0 Å². The van der Waals surface area contributed by atoms with Gasteiger partial charge in [-0.15, -0.1) is 0 Å². The summed E-state index contributed by atoms with van der Waals surface area (Å²) in [5, 5.41) is 1.07. The van der Waals surface area contributed by atoms with Gasteiger partial charge in [0.2, 0.25) is 0 Å². The van der Waals surface area contributed by atoms with Crippen molar-refractivity contribution >= 4 is 16.6 Å². The second-order valence-electron chi connectivity index (χ2n) is 6.17. The molecule has 3 nitrogen and oxygen atoms in total. The van der Waals surface area contributed by atoms with E-state index >= 15 is 0 Å². The van der Waals surface area contributed by atoms with Crippen LogP contribution in [0.2, 0.25) is 0 Å². The third-order valence-corrected chi connectivity index (χ3v) is 4.51. The van der Waals surface area contributed by atoms with Gasteiger partial charge in [0, 0.05) is 36.4 Å². The Morgan fingerprint density at radius 2 is 2.10 bits per heavy atom. The number of rotatable bonds is 2. The quantitative estimate of drug-likeness (QED) is 0.849. The van der Waals surface area contributed by atoms with Gasteiger partial charge < -0.3 is 5.73 Å². The number of anilines is 1. The fourth-order valence-corrected chi connectivity index (χ4v) is 3.20. The van der Waals surface area contributed by atoms with Crippen LogP contribution in [0.4, 0.5) is 5.69 Å². The highest BCUT2D eigenvalue weighted by atomic mass is 15.2. The zero-order valence-electron chi connectivity index (χ0n) is 12.3. The highest BCUT2D eigenvalue weighted by Gasteiger charge is 2.23. The van der Waals surface area contributed by atoms with E-state index in [2.05, 4.69) is 35.9 Å². The molecule has 1 aromatic carbocycles. The lowest BCUT2D eigenvalue weighted by Crippen LogP contribution is -2.40. The Kier molecular flexibility index (Phi) is 3.62. The van der Waals surface area contributed by atoms with Crippen LogP contribution in [-0.2, 0) is 6.54 Å². The van der Waals surface area contributed by atoms with Crippen LogP contribution in [0.15, 0.2) is 30.5 Å². The van der Waals surface area contributed by atoms with Crippen molar-refractivity contribution in [1.29, 1.82) is 0 Å². The highest BCUT2D eigenvalue weighted by molar-refractivity contribution is 5.92. The molecule has 3 rings (SSSR count). The molecule has 2 aromatic rings. The monoisotopic (exact) mass is 269 g/mol. The number of nitrogens with zero attached hydrogens (tertiary/aromatic N) is 2. The number of piperidine rings is 1. The zero-order chi connectivity index (χ0) is 14.1. The van der Waals surface area contributed by atoms with Gasteiger partial charge in [-0.2, -0.15) is 0 Å². The topological polar surface area (TPSA) is 42.1 Å². The first-order valence-corrected chi connectivity index (χ1v) is 7.51. The van der Waals surface area contributed by atoms with Crippen LogP contribution in [0.25, 0.3) is 10.9 Å². The predicted molar refractivity (Wildman–Crippen MR) is 84.4 cm³/mol. The fourth-order valence-electron chi connectivity index (χ4n) is 3.20. The number of nitrogen functional groups attached to an aromatic ring is 1. The van der Waals surface area contributed by atoms with Gasteiger partial charge >= 0.3 is 0 Å². The lowest BCUT2D eigenvalue weighted by molar-refractivity contribution is 0.118. The van der Waals surface area contributed by atoms with Crippen molar-refractivity contribution in [1.82, 2.24) is 9.88 Å². The summed E-state index contributed by atoms with van der Waals surface area (Å²) in [6.45, 7) is 6.83. The molecule has 0 radical (unpaired) electrons. The number of pyridine rings is 1. The van der Waals surface area contributed by atoms with Crippen molar-refractivity contribution in [2.24, 2.45) is 5.92 Å². The standard InChI is InChI=1S/C17H23N3/c1-12-5-6-13(2)20(10-12)11-14-7-8-16(18)15-4-3-9-19-17(14)15/h3-4,7-9,12-13H,5-6,10-11,18H2,1-2H3. The largest absolute Gasteiger partial charge is 0.398 e. The molecule has 2 heterocycles. The van der Waals surface area contributed by atoms with E-state index < -0.39 is 0 Å². The Morgan fingerprint density at radius 3 is 2.95 bits per heavy atom. The number of fused-ring (bicyclic) bond motifs is 1. The van der Waals surface area contributed by atoms with Gasteiger partial charge in [0.05, 0.1) is 5.52 Å². The molecule has 0 aliphatic carbocycles. The van der Waals surface area contributed by atoms with Crippen LogP contribution in [0.5, 0.6) is 0 Å². The summed E-state index contributed by atoms with van der Waals surface area (Å²) in [4.78, 5) is 7.12. The Bertz CT molecular complexity index is 608. The first-order valence-electron chi connectivity index (χ1n) is 7.51. The number of hydrogen-bond donors (Lipinski definition) is 1. The van der Waals surface area contributed by atoms with Crippen LogP contribution in [0, 0.1) is 5.92 Å². The van der Waals surface area contributed by atoms with E-state index in [1.165, 1.54) is 24.9 Å². The molecular formula is C17H23N3. The highest BCUT2D eigenvalue weighted by Crippen LogP contribution is 2.27. The van der Waals surface area contributed by atoms with Gasteiger partial charge in [0.25, 0.3) is 0 Å². The molecule has 1 aliphatic heterocycles. The molecule has 0 bridgehead atoms. The predicted octanol–water partition coefficient (Wildman–Crippen LogP) is 3.44. The van der Waals surface area contributed by atoms with E-state index in [0.717, 1.165) is 29.1 Å². The van der Waals surface area contributed by atoms with Crippen molar-refractivity contribution in [3.8, 4) is 0 Å². The average Bonchev–Trinajstić information content (AvgIpc) is 2.46. The van der Waals surface area contributed by atoms with Crippen LogP contribution in [0.3, 0.4) is 0 Å². The van der Waals surface area contributed by atoms with Crippen LogP contribution < -0.4 is 5.73 Å². The van der Waals surface area contributed by atoms with Gasteiger partial charge in [-0.1, -0.05) is 13.0 Å². The molecule has 0 spiro atoms. The Balaban J connectivity index is 1.93. The van der Waals surface area contributed by atoms with Gasteiger partial charge in [0.15, 0.2) is 0 Å². The minimum Gasteiger partial charge on any atom is -0.398 e. The maximum absolute atomic E-state index is 6.05. The smallest absolute Gasteiger partial charge is 0.0767 e. The molecule has 1 saturated heterocycles. The van der Waals surface area contributed by atoms with E-state index in [4.69, 9.17) is 5.73 Å². The number of aromatic nitrogens is 1. The summed E-state index contributed by atoms with van der Waals surface area (Å²) in [6, 6.07) is 8.81. The van der Waals surface area contributed by atoms with Gasteiger partial charge in [-0.05, 0) is 49.4 Å². The molecule has 1 aliphatic rings. The summed E-state index contributed by atoms with van der Waals surface area (Å²) in [5.41, 5.74) is 9.21. The first-order chi connectivity index (χ1) is 9.65. The molecule has 3 heteroatoms.